The topological polar surface area (TPSA) is 24.1 Å². The van der Waals surface area contributed by atoms with Gasteiger partial charge in [-0.2, -0.15) is 0 Å². The number of thiophene rings is 1. The van der Waals surface area contributed by atoms with E-state index in [0.717, 1.165) is 19.6 Å². The van der Waals surface area contributed by atoms with Crippen LogP contribution in [0.3, 0.4) is 0 Å². The summed E-state index contributed by atoms with van der Waals surface area (Å²) in [7, 11) is 0. The van der Waals surface area contributed by atoms with Crippen molar-refractivity contribution in [3.05, 3.63) is 21.9 Å². The zero-order valence-electron chi connectivity index (χ0n) is 8.18. The van der Waals surface area contributed by atoms with Gasteiger partial charge < -0.3 is 10.6 Å². The van der Waals surface area contributed by atoms with Gasteiger partial charge in [0.15, 0.2) is 0 Å². The lowest BCUT2D eigenvalue weighted by atomic mass is 9.95. The first-order valence-electron chi connectivity index (χ1n) is 4.73. The van der Waals surface area contributed by atoms with Crippen molar-refractivity contribution < 1.29 is 0 Å². The first kappa shape index (κ1) is 9.19. The van der Waals surface area contributed by atoms with Gasteiger partial charge in [-0.1, -0.05) is 0 Å². The molecule has 0 amide bonds. The summed E-state index contributed by atoms with van der Waals surface area (Å²) < 4.78 is 0. The van der Waals surface area contributed by atoms with Crippen molar-refractivity contribution in [1.82, 2.24) is 10.6 Å². The number of piperazine rings is 1. The molecule has 1 atom stereocenters. The lowest BCUT2D eigenvalue weighted by Crippen LogP contribution is -2.54. The predicted molar refractivity (Wildman–Crippen MR) is 57.3 cm³/mol. The molecule has 1 saturated heterocycles. The van der Waals surface area contributed by atoms with Gasteiger partial charge in [0.2, 0.25) is 0 Å². The molecule has 0 aliphatic carbocycles. The van der Waals surface area contributed by atoms with Crippen LogP contribution in [0.5, 0.6) is 0 Å². The summed E-state index contributed by atoms with van der Waals surface area (Å²) in [6.45, 7) is 7.65. The van der Waals surface area contributed by atoms with Crippen molar-refractivity contribution >= 4 is 11.3 Å². The van der Waals surface area contributed by atoms with E-state index >= 15 is 0 Å². The third-order valence-electron chi connectivity index (χ3n) is 2.66. The molecular weight excluding hydrogens is 180 g/mol. The minimum absolute atomic E-state index is 0.149. The second-order valence-electron chi connectivity index (χ2n) is 3.87. The largest absolute Gasteiger partial charge is 0.313 e. The van der Waals surface area contributed by atoms with Crippen LogP contribution in [0.15, 0.2) is 11.4 Å². The van der Waals surface area contributed by atoms with Crippen LogP contribution in [0.2, 0.25) is 0 Å². The van der Waals surface area contributed by atoms with Gasteiger partial charge in [0.1, 0.15) is 0 Å². The van der Waals surface area contributed by atoms with E-state index in [1.807, 2.05) is 11.3 Å². The molecule has 1 aromatic heterocycles. The number of rotatable bonds is 1. The third kappa shape index (κ3) is 1.64. The summed E-state index contributed by atoms with van der Waals surface area (Å²) in [5.74, 6) is 0. The quantitative estimate of drug-likeness (QED) is 0.710. The van der Waals surface area contributed by atoms with Gasteiger partial charge in [-0.15, -0.1) is 11.3 Å². The fourth-order valence-corrected chi connectivity index (χ4v) is 2.99. The summed E-state index contributed by atoms with van der Waals surface area (Å²) in [5, 5.41) is 9.19. The summed E-state index contributed by atoms with van der Waals surface area (Å²) >= 11 is 1.85. The summed E-state index contributed by atoms with van der Waals surface area (Å²) in [6.07, 6.45) is 0. The van der Waals surface area contributed by atoms with E-state index in [2.05, 4.69) is 35.9 Å². The average Bonchev–Trinajstić information content (AvgIpc) is 2.53. The van der Waals surface area contributed by atoms with E-state index in [9.17, 15) is 0 Å². The van der Waals surface area contributed by atoms with Gasteiger partial charge in [-0.3, -0.25) is 0 Å². The van der Waals surface area contributed by atoms with Gasteiger partial charge in [0.25, 0.3) is 0 Å². The van der Waals surface area contributed by atoms with Crippen LogP contribution in [0.25, 0.3) is 0 Å². The lowest BCUT2D eigenvalue weighted by Gasteiger charge is -2.35. The van der Waals surface area contributed by atoms with Crippen LogP contribution >= 0.6 is 11.3 Å². The highest BCUT2D eigenvalue weighted by atomic mass is 32.1. The minimum Gasteiger partial charge on any atom is -0.313 e. The van der Waals surface area contributed by atoms with Crippen molar-refractivity contribution in [2.45, 2.75) is 19.4 Å². The Hall–Kier alpha value is -0.380. The van der Waals surface area contributed by atoms with Crippen molar-refractivity contribution in [3.63, 3.8) is 0 Å². The molecule has 0 spiro atoms. The average molecular weight is 196 g/mol. The fourth-order valence-electron chi connectivity index (χ4n) is 1.93. The Morgan fingerprint density at radius 1 is 1.46 bits per heavy atom. The highest BCUT2D eigenvalue weighted by molar-refractivity contribution is 7.10. The van der Waals surface area contributed by atoms with Gasteiger partial charge >= 0.3 is 0 Å². The van der Waals surface area contributed by atoms with Crippen LogP contribution in [0, 0.1) is 6.92 Å². The SMILES string of the molecule is Cc1ccsc1C1(C)CNCCN1. The highest BCUT2D eigenvalue weighted by Crippen LogP contribution is 2.29. The Labute approximate surface area is 83.4 Å². The maximum atomic E-state index is 3.59. The third-order valence-corrected chi connectivity index (χ3v) is 3.94. The molecule has 1 unspecified atom stereocenters. The molecule has 1 aromatic rings. The van der Waals surface area contributed by atoms with E-state index in [4.69, 9.17) is 0 Å². The van der Waals surface area contributed by atoms with Crippen LogP contribution in [-0.4, -0.2) is 19.6 Å². The van der Waals surface area contributed by atoms with Crippen LogP contribution < -0.4 is 10.6 Å². The molecule has 3 heteroatoms. The number of aryl methyl sites for hydroxylation is 1. The second kappa shape index (κ2) is 3.40. The number of nitrogens with one attached hydrogen (secondary N) is 2. The van der Waals surface area contributed by atoms with Crippen LogP contribution in [0.4, 0.5) is 0 Å². The fraction of sp³-hybridized carbons (Fsp3) is 0.600. The zero-order chi connectivity index (χ0) is 9.31. The molecule has 2 rings (SSSR count). The van der Waals surface area contributed by atoms with Gasteiger partial charge in [-0.25, -0.2) is 0 Å². The lowest BCUT2D eigenvalue weighted by molar-refractivity contribution is 0.307. The molecule has 0 radical (unpaired) electrons. The molecule has 2 heterocycles. The number of hydrogen-bond acceptors (Lipinski definition) is 3. The molecular formula is C10H16N2S. The Morgan fingerprint density at radius 2 is 2.31 bits per heavy atom. The summed E-state index contributed by atoms with van der Waals surface area (Å²) in [5.41, 5.74) is 1.56. The normalized spacial score (nSPS) is 29.1. The van der Waals surface area contributed by atoms with Crippen molar-refractivity contribution in [1.29, 1.82) is 0 Å². The van der Waals surface area contributed by atoms with Crippen molar-refractivity contribution in [2.24, 2.45) is 0 Å². The van der Waals surface area contributed by atoms with E-state index in [0.29, 0.717) is 0 Å². The Balaban J connectivity index is 2.27. The van der Waals surface area contributed by atoms with E-state index in [-0.39, 0.29) is 5.54 Å². The first-order valence-corrected chi connectivity index (χ1v) is 5.61. The molecule has 2 N–H and O–H groups in total. The Morgan fingerprint density at radius 3 is 2.85 bits per heavy atom. The van der Waals surface area contributed by atoms with Crippen LogP contribution in [0.1, 0.15) is 17.4 Å². The zero-order valence-corrected chi connectivity index (χ0v) is 9.00. The minimum atomic E-state index is 0.149. The molecule has 13 heavy (non-hydrogen) atoms. The second-order valence-corrected chi connectivity index (χ2v) is 4.78. The summed E-state index contributed by atoms with van der Waals surface area (Å²) in [6, 6.07) is 2.20. The molecule has 0 aromatic carbocycles. The predicted octanol–water partition coefficient (Wildman–Crippen LogP) is 1.46. The molecule has 72 valence electrons. The maximum Gasteiger partial charge on any atom is 0.0629 e. The van der Waals surface area contributed by atoms with E-state index < -0.39 is 0 Å². The maximum absolute atomic E-state index is 3.59. The molecule has 2 nitrogen and oxygen atoms in total. The van der Waals surface area contributed by atoms with Crippen molar-refractivity contribution in [2.75, 3.05) is 19.6 Å². The van der Waals surface area contributed by atoms with E-state index in [1.165, 1.54) is 10.4 Å². The molecule has 0 bridgehead atoms. The monoisotopic (exact) mass is 196 g/mol. The van der Waals surface area contributed by atoms with Gasteiger partial charge in [0, 0.05) is 24.5 Å². The van der Waals surface area contributed by atoms with Gasteiger partial charge in [0.05, 0.1) is 5.54 Å². The Kier molecular flexibility index (Phi) is 2.41. The standard InChI is InChI=1S/C10H16N2S/c1-8-3-6-13-9(8)10(2)7-11-4-5-12-10/h3,6,11-12H,4-5,7H2,1-2H3. The molecule has 1 aliphatic rings. The summed E-state index contributed by atoms with van der Waals surface area (Å²) in [4.78, 5) is 1.47. The van der Waals surface area contributed by atoms with E-state index in [1.54, 1.807) is 0 Å². The van der Waals surface area contributed by atoms with Gasteiger partial charge in [-0.05, 0) is 30.9 Å². The Bertz CT molecular complexity index is 287. The van der Waals surface area contributed by atoms with Crippen LogP contribution in [-0.2, 0) is 5.54 Å². The molecule has 0 saturated carbocycles. The first-order chi connectivity index (χ1) is 6.22. The molecule has 1 fully saturated rings. The smallest absolute Gasteiger partial charge is 0.0629 e. The number of hydrogen-bond donors (Lipinski definition) is 2. The van der Waals surface area contributed by atoms with Crippen molar-refractivity contribution in [3.8, 4) is 0 Å². The molecule has 1 aliphatic heterocycles. The highest BCUT2D eigenvalue weighted by Gasteiger charge is 2.30.